The minimum Gasteiger partial charge on any atom is -0.790 e. The Morgan fingerprint density at radius 2 is 1.40 bits per heavy atom. The third-order valence-electron chi connectivity index (χ3n) is 0. The van der Waals surface area contributed by atoms with Crippen LogP contribution in [0.2, 0.25) is 0 Å². The molecule has 0 unspecified atom stereocenters. The molecule has 2 amide bonds. The summed E-state index contributed by atoms with van der Waals surface area (Å²) in [7, 11) is -5.14. The van der Waals surface area contributed by atoms with E-state index in [4.69, 9.17) is 24.0 Å². The van der Waals surface area contributed by atoms with Crippen LogP contribution in [0.5, 0.6) is 0 Å². The molecule has 5 N–H and O–H groups in total. The average Bonchev–Trinajstić information content (AvgIpc) is 1.19. The van der Waals surface area contributed by atoms with Gasteiger partial charge in [0.25, 0.3) is 0 Å². The van der Waals surface area contributed by atoms with Gasteiger partial charge in [0.2, 0.25) is 0 Å². The Balaban J connectivity index is -0.0000000910. The Morgan fingerprint density at radius 1 is 1.40 bits per heavy atom. The fourth-order valence-corrected chi connectivity index (χ4v) is 0. The van der Waals surface area contributed by atoms with Gasteiger partial charge in [0.15, 0.2) is 0 Å². The zero-order valence-corrected chi connectivity index (χ0v) is 7.99. The molecule has 9 heteroatoms. The maximum absolute atomic E-state index is 9.00. The Labute approximate surface area is 86.6 Å². The minimum absolute atomic E-state index is 0. The quantitative estimate of drug-likeness (QED) is 0.270. The average molecular weight is 196 g/mol. The first-order valence-electron chi connectivity index (χ1n) is 1.53. The number of nitrogens with two attached hydrogens (primary N) is 2. The summed E-state index contributed by atoms with van der Waals surface area (Å²) in [6, 6.07) is -0.833. The van der Waals surface area contributed by atoms with Crippen molar-refractivity contribution in [1.29, 1.82) is 0 Å². The summed E-state index contributed by atoms with van der Waals surface area (Å²) in [6.45, 7) is 0. The zero-order chi connectivity index (χ0) is 8.08. The van der Waals surface area contributed by atoms with Gasteiger partial charge in [-0.15, -0.1) is 0 Å². The molecule has 0 aromatic rings. The molecule has 0 bridgehead atoms. The molecule has 56 valence electrons. The third-order valence-corrected chi connectivity index (χ3v) is 0. The van der Waals surface area contributed by atoms with E-state index < -0.39 is 13.9 Å². The van der Waals surface area contributed by atoms with Gasteiger partial charge in [0.1, 0.15) is 0 Å². The summed E-state index contributed by atoms with van der Waals surface area (Å²) < 4.78 is 8.66. The molecule has 0 atom stereocenters. The number of phosphoric acid groups is 1. The summed E-state index contributed by atoms with van der Waals surface area (Å²) >= 11 is 0. The van der Waals surface area contributed by atoms with Crippen LogP contribution >= 0.6 is 7.82 Å². The molecule has 10 heavy (non-hydrogen) atoms. The normalized spacial score (nSPS) is 8.30. The summed E-state index contributed by atoms with van der Waals surface area (Å²) in [5.74, 6) is 0. The molecule has 0 rings (SSSR count). The van der Waals surface area contributed by atoms with Gasteiger partial charge >= 0.3 is 43.8 Å². The number of urea groups is 1. The van der Waals surface area contributed by atoms with E-state index in [1.54, 1.807) is 0 Å². The number of hydrogen-bond donors (Lipinski definition) is 3. The Kier molecular flexibility index (Phi) is 13.1. The summed E-state index contributed by atoms with van der Waals surface area (Å²) in [5.41, 5.74) is 8.50. The van der Waals surface area contributed by atoms with Crippen LogP contribution in [0.4, 0.5) is 4.79 Å². The summed E-state index contributed by atoms with van der Waals surface area (Å²) in [6.07, 6.45) is 0. The van der Waals surface area contributed by atoms with E-state index in [0.29, 0.717) is 0 Å². The number of primary amides is 2. The second-order valence-electron chi connectivity index (χ2n) is 0.871. The second-order valence-corrected chi connectivity index (χ2v) is 1.81. The van der Waals surface area contributed by atoms with Gasteiger partial charge in [-0.1, -0.05) is 0 Å². The molecule has 0 heterocycles. The molecule has 0 aliphatic carbocycles. The Hall–Kier alpha value is 0.640. The second kappa shape index (κ2) is 7.74. The molecular weight excluding hydrogens is 191 g/mol. The molecule has 0 aliphatic heterocycles. The first-order valence-corrected chi connectivity index (χ1v) is 3.02. The standard InChI is InChI=1S/CH4N2O.Ca.H3O4P/c2-1(3)4;;1-5(2,3)4/h(H4,2,3,4);;(H3,1,2,3,4)/q;+2;/p-2. The molecule has 0 aliphatic rings. The fourth-order valence-electron chi connectivity index (χ4n) is 0. The van der Waals surface area contributed by atoms with E-state index in [-0.39, 0.29) is 37.7 Å². The number of hydrogen-bond acceptors (Lipinski definition) is 4. The van der Waals surface area contributed by atoms with E-state index in [0.717, 1.165) is 0 Å². The van der Waals surface area contributed by atoms with Gasteiger partial charge in [0, 0.05) is 0 Å². The molecule has 0 saturated carbocycles. The van der Waals surface area contributed by atoms with Crippen LogP contribution in [0.15, 0.2) is 0 Å². The number of amides is 2. The van der Waals surface area contributed by atoms with Gasteiger partial charge in [0.05, 0.1) is 7.82 Å². The van der Waals surface area contributed by atoms with Gasteiger partial charge in [-0.05, 0) is 0 Å². The van der Waals surface area contributed by atoms with Crippen molar-refractivity contribution in [3.63, 3.8) is 0 Å². The van der Waals surface area contributed by atoms with Crippen LogP contribution in [0, 0.1) is 0 Å². The molecule has 0 saturated heterocycles. The zero-order valence-electron chi connectivity index (χ0n) is 4.89. The smallest absolute Gasteiger partial charge is 0.790 e. The van der Waals surface area contributed by atoms with Crippen molar-refractivity contribution in [3.8, 4) is 0 Å². The van der Waals surface area contributed by atoms with Gasteiger partial charge in [-0.2, -0.15) is 0 Å². The maximum Gasteiger partial charge on any atom is 2.00 e. The van der Waals surface area contributed by atoms with Gasteiger partial charge < -0.3 is 30.7 Å². The van der Waals surface area contributed by atoms with Crippen molar-refractivity contribution in [2.45, 2.75) is 0 Å². The van der Waals surface area contributed by atoms with Crippen molar-refractivity contribution >= 4 is 51.6 Å². The predicted octanol–water partition coefficient (Wildman–Crippen LogP) is -3.55. The summed E-state index contributed by atoms with van der Waals surface area (Å²) in [4.78, 5) is 33.3. The van der Waals surface area contributed by atoms with Crippen LogP contribution in [0.25, 0.3) is 0 Å². The van der Waals surface area contributed by atoms with Gasteiger partial charge in [-0.25, -0.2) is 4.79 Å². The van der Waals surface area contributed by atoms with Gasteiger partial charge in [-0.3, -0.25) is 0 Å². The maximum atomic E-state index is 9.00. The first-order chi connectivity index (χ1) is 3.73. The number of carbonyl (C=O) groups is 1. The van der Waals surface area contributed by atoms with E-state index in [2.05, 4.69) is 11.5 Å². The molecule has 0 aromatic carbocycles. The van der Waals surface area contributed by atoms with Crippen molar-refractivity contribution < 1.29 is 24.0 Å². The van der Waals surface area contributed by atoms with E-state index in [1.165, 1.54) is 0 Å². The van der Waals surface area contributed by atoms with E-state index >= 15 is 0 Å². The topological polar surface area (TPSA) is 153 Å². The monoisotopic (exact) mass is 196 g/mol. The third kappa shape index (κ3) is 1230. The predicted molar refractivity (Wildman–Crippen MR) is 29.4 cm³/mol. The van der Waals surface area contributed by atoms with Crippen molar-refractivity contribution in [2.24, 2.45) is 11.5 Å². The van der Waals surface area contributed by atoms with Crippen LogP contribution < -0.4 is 21.3 Å². The number of rotatable bonds is 0. The largest absolute Gasteiger partial charge is 2.00 e. The molecule has 0 radical (unpaired) electrons. The van der Waals surface area contributed by atoms with Crippen molar-refractivity contribution in [2.75, 3.05) is 0 Å². The van der Waals surface area contributed by atoms with Crippen LogP contribution in [0.3, 0.4) is 0 Å². The summed E-state index contributed by atoms with van der Waals surface area (Å²) in [5, 5.41) is 0. The Bertz CT molecular complexity index is 119. The molecule has 0 fully saturated rings. The van der Waals surface area contributed by atoms with Crippen LogP contribution in [-0.2, 0) is 4.57 Å². The van der Waals surface area contributed by atoms with Crippen molar-refractivity contribution in [3.05, 3.63) is 0 Å². The molecule has 0 spiro atoms. The van der Waals surface area contributed by atoms with Crippen LogP contribution in [-0.4, -0.2) is 48.7 Å². The Morgan fingerprint density at radius 3 is 1.40 bits per heavy atom. The van der Waals surface area contributed by atoms with Crippen molar-refractivity contribution in [1.82, 2.24) is 0 Å². The number of carbonyl (C=O) groups excluding carboxylic acids is 1. The molecule has 0 aromatic heterocycles. The minimum atomic E-state index is -5.14. The van der Waals surface area contributed by atoms with E-state index in [9.17, 15) is 0 Å². The fraction of sp³-hybridized carbons (Fsp3) is 0. The molecular formula is CH5CaN2O5P. The van der Waals surface area contributed by atoms with E-state index in [1.807, 2.05) is 0 Å². The molecule has 7 nitrogen and oxygen atoms in total. The SMILES string of the molecule is NC(N)=O.O=P([O-])([O-])O.[Ca+2]. The first kappa shape index (κ1) is 16.9. The van der Waals surface area contributed by atoms with Crippen LogP contribution in [0.1, 0.15) is 0 Å².